The maximum atomic E-state index is 14.0. The van der Waals surface area contributed by atoms with E-state index >= 15 is 0 Å². The molecule has 4 N–H and O–H groups in total. The number of nitrogens with zero attached hydrogens (tertiary/aromatic N) is 2. The highest BCUT2D eigenvalue weighted by Gasteiger charge is 2.48. The van der Waals surface area contributed by atoms with Crippen LogP contribution >= 0.6 is 0 Å². The first-order valence-corrected chi connectivity index (χ1v) is 17.3. The lowest BCUT2D eigenvalue weighted by Gasteiger charge is -2.36. The van der Waals surface area contributed by atoms with Crippen molar-refractivity contribution in [3.05, 3.63) is 35.9 Å². The number of alkyl carbamates (subject to hydrolysis) is 1. The number of amides is 6. The molecular weight excluding hydrogens is 682 g/mol. The van der Waals surface area contributed by atoms with Crippen LogP contribution in [0.25, 0.3) is 0 Å². The van der Waals surface area contributed by atoms with Crippen molar-refractivity contribution in [3.63, 3.8) is 0 Å². The smallest absolute Gasteiger partial charge is 0.408 e. The number of likely N-dealkylation sites (tertiary alicyclic amines) is 1. The van der Waals surface area contributed by atoms with Gasteiger partial charge >= 0.3 is 6.09 Å². The van der Waals surface area contributed by atoms with E-state index in [4.69, 9.17) is 4.74 Å². The molecule has 1 aliphatic carbocycles. The Bertz CT molecular complexity index is 1490. The second kappa shape index (κ2) is 17.3. The third-order valence-corrected chi connectivity index (χ3v) is 8.71. The molecule has 1 aromatic carbocycles. The van der Waals surface area contributed by atoms with Crippen LogP contribution in [-0.2, 0) is 33.5 Å². The summed E-state index contributed by atoms with van der Waals surface area (Å²) in [5.41, 5.74) is -1.30. The van der Waals surface area contributed by atoms with Crippen LogP contribution in [0.15, 0.2) is 30.3 Å². The number of ketones is 1. The number of Topliss-reactive ketones (excluding diaryl/α,β-unsaturated/α-hetero) is 1. The molecule has 1 saturated carbocycles. The van der Waals surface area contributed by atoms with Crippen molar-refractivity contribution < 1.29 is 47.1 Å². The summed E-state index contributed by atoms with van der Waals surface area (Å²) in [4.78, 5) is 94.6. The summed E-state index contributed by atoms with van der Waals surface area (Å²) in [6.07, 6.45) is -2.60. The summed E-state index contributed by atoms with van der Waals surface area (Å²) in [6, 6.07) is 3.35. The zero-order valence-corrected chi connectivity index (χ0v) is 31.1. The van der Waals surface area contributed by atoms with Gasteiger partial charge in [0.1, 0.15) is 23.7 Å². The molecule has 0 bridgehead atoms. The number of hydrogen-bond acceptors (Lipinski definition) is 8. The molecule has 1 aliphatic heterocycles. The molecule has 52 heavy (non-hydrogen) atoms. The number of alkyl halides is 2. The number of rotatable bonds is 14. The highest BCUT2D eigenvalue weighted by Crippen LogP contribution is 2.35. The first-order chi connectivity index (χ1) is 24.1. The van der Waals surface area contributed by atoms with E-state index in [0.717, 1.165) is 17.7 Å². The van der Waals surface area contributed by atoms with Crippen LogP contribution in [0.2, 0.25) is 0 Å². The lowest BCUT2D eigenvalue weighted by Crippen LogP contribution is -2.59. The Morgan fingerprint density at radius 2 is 1.54 bits per heavy atom. The average Bonchev–Trinajstić information content (AvgIpc) is 3.75. The summed E-state index contributed by atoms with van der Waals surface area (Å²) in [7, 11) is 3.05. The fourth-order valence-corrected chi connectivity index (χ4v) is 5.78. The first-order valence-electron chi connectivity index (χ1n) is 17.3. The molecule has 2 unspecified atom stereocenters. The molecule has 0 aromatic heterocycles. The molecular formula is C36H52F2N6O8. The number of carbonyl (C=O) groups is 7. The van der Waals surface area contributed by atoms with Gasteiger partial charge in [-0.1, -0.05) is 63.9 Å². The largest absolute Gasteiger partial charge is 0.444 e. The van der Waals surface area contributed by atoms with Crippen molar-refractivity contribution in [1.82, 2.24) is 31.1 Å². The van der Waals surface area contributed by atoms with Crippen LogP contribution in [-0.4, -0.2) is 109 Å². The van der Waals surface area contributed by atoms with Crippen molar-refractivity contribution in [2.24, 2.45) is 17.3 Å². The van der Waals surface area contributed by atoms with Gasteiger partial charge < -0.3 is 35.8 Å². The standard InChI is InChI=1S/C36H52F2N6O8/c1-35(2,3)28(42-34(51)52-36(4,5)6)33(50)44-19-22(29(37)38)17-24(44)30(47)40-23(16-20-14-15-20)27(46)31(48)39-18-25(45)41-26(32(49)43(7)8)21-12-10-9-11-13-21/h9-13,20,22-24,26,28-29H,14-19H2,1-8H3,(H,39,48)(H,40,47)(H,41,45)(H,42,51)/t22-,23?,24+,26?,28-/m1/s1. The third-order valence-electron chi connectivity index (χ3n) is 8.71. The van der Waals surface area contributed by atoms with Gasteiger partial charge in [-0.3, -0.25) is 28.8 Å². The second-order valence-electron chi connectivity index (χ2n) is 15.7. The summed E-state index contributed by atoms with van der Waals surface area (Å²) < 4.78 is 33.3. The third kappa shape index (κ3) is 12.0. The topological polar surface area (TPSA) is 183 Å². The highest BCUT2D eigenvalue weighted by molar-refractivity contribution is 6.38. The Morgan fingerprint density at radius 3 is 2.06 bits per heavy atom. The van der Waals surface area contributed by atoms with Crippen molar-refractivity contribution in [2.45, 2.75) is 103 Å². The molecule has 3 rings (SSSR count). The van der Waals surface area contributed by atoms with Crippen molar-refractivity contribution in [2.75, 3.05) is 27.2 Å². The van der Waals surface area contributed by atoms with Crippen LogP contribution in [0, 0.1) is 17.3 Å². The Hall–Kier alpha value is -4.63. The van der Waals surface area contributed by atoms with Gasteiger partial charge in [0.05, 0.1) is 12.6 Å². The van der Waals surface area contributed by atoms with Crippen LogP contribution in [0.4, 0.5) is 13.6 Å². The minimum Gasteiger partial charge on any atom is -0.444 e. The number of ether oxygens (including phenoxy) is 1. The summed E-state index contributed by atoms with van der Waals surface area (Å²) >= 11 is 0. The Balaban J connectivity index is 1.74. The number of nitrogens with one attached hydrogen (secondary N) is 4. The number of benzene rings is 1. The van der Waals surface area contributed by atoms with Gasteiger partial charge in [0.2, 0.25) is 35.8 Å². The fourth-order valence-electron chi connectivity index (χ4n) is 5.78. The van der Waals surface area contributed by atoms with Gasteiger partial charge in [0, 0.05) is 26.6 Å². The number of likely N-dealkylation sites (N-methyl/N-ethyl adjacent to an activating group) is 1. The minimum atomic E-state index is -2.87. The van der Waals surface area contributed by atoms with E-state index in [1.54, 1.807) is 71.9 Å². The maximum absolute atomic E-state index is 14.0. The zero-order valence-electron chi connectivity index (χ0n) is 31.1. The lowest BCUT2D eigenvalue weighted by atomic mass is 9.85. The molecule has 5 atom stereocenters. The molecule has 1 heterocycles. The van der Waals surface area contributed by atoms with E-state index in [-0.39, 0.29) is 12.3 Å². The fraction of sp³-hybridized carbons (Fsp3) is 0.639. The second-order valence-corrected chi connectivity index (χ2v) is 15.7. The zero-order chi connectivity index (χ0) is 39.1. The monoisotopic (exact) mass is 734 g/mol. The Kier molecular flexibility index (Phi) is 13.9. The lowest BCUT2D eigenvalue weighted by molar-refractivity contribution is -0.144. The summed E-state index contributed by atoms with van der Waals surface area (Å²) in [5, 5.41) is 9.86. The summed E-state index contributed by atoms with van der Waals surface area (Å²) in [6.45, 7) is 8.76. The van der Waals surface area contributed by atoms with Gasteiger partial charge in [0.15, 0.2) is 0 Å². The van der Waals surface area contributed by atoms with E-state index < -0.39 is 108 Å². The van der Waals surface area contributed by atoms with Gasteiger partial charge in [0.25, 0.3) is 5.91 Å². The minimum absolute atomic E-state index is 0.0208. The average molecular weight is 735 g/mol. The molecule has 0 spiro atoms. The van der Waals surface area contributed by atoms with Crippen LogP contribution < -0.4 is 21.3 Å². The predicted molar refractivity (Wildman–Crippen MR) is 186 cm³/mol. The van der Waals surface area contributed by atoms with Crippen molar-refractivity contribution in [3.8, 4) is 0 Å². The molecule has 0 radical (unpaired) electrons. The predicted octanol–water partition coefficient (Wildman–Crippen LogP) is 2.32. The van der Waals surface area contributed by atoms with E-state index in [2.05, 4.69) is 21.3 Å². The molecule has 1 aromatic rings. The SMILES string of the molecule is CN(C)C(=O)C(NC(=O)CNC(=O)C(=O)C(CC1CC1)NC(=O)[C@@H]1C[C@@H](C(F)F)CN1C(=O)[C@@H](NC(=O)OC(C)(C)C)C(C)(C)C)c1ccccc1. The number of halogens is 2. The van der Waals surface area contributed by atoms with Crippen molar-refractivity contribution >= 4 is 41.4 Å². The molecule has 2 fully saturated rings. The molecule has 1 saturated heterocycles. The van der Waals surface area contributed by atoms with Gasteiger partial charge in [-0.15, -0.1) is 0 Å². The Labute approximate surface area is 303 Å². The molecule has 14 nitrogen and oxygen atoms in total. The summed E-state index contributed by atoms with van der Waals surface area (Å²) in [5.74, 6) is -6.42. The van der Waals surface area contributed by atoms with E-state index in [1.807, 2.05) is 0 Å². The van der Waals surface area contributed by atoms with E-state index in [0.29, 0.717) is 5.56 Å². The van der Waals surface area contributed by atoms with Crippen molar-refractivity contribution in [1.29, 1.82) is 0 Å². The highest BCUT2D eigenvalue weighted by atomic mass is 19.3. The normalized spacial score (nSPS) is 19.2. The van der Waals surface area contributed by atoms with E-state index in [9.17, 15) is 42.3 Å². The molecule has 2 aliphatic rings. The van der Waals surface area contributed by atoms with Gasteiger partial charge in [-0.05, 0) is 50.5 Å². The van der Waals surface area contributed by atoms with Gasteiger partial charge in [-0.25, -0.2) is 13.6 Å². The molecule has 16 heteroatoms. The maximum Gasteiger partial charge on any atom is 0.408 e. The number of carbonyl (C=O) groups excluding carboxylic acids is 7. The molecule has 288 valence electrons. The quantitative estimate of drug-likeness (QED) is 0.210. The first kappa shape index (κ1) is 41.8. The van der Waals surface area contributed by atoms with Crippen LogP contribution in [0.3, 0.4) is 0 Å². The van der Waals surface area contributed by atoms with Crippen LogP contribution in [0.1, 0.15) is 78.8 Å². The van der Waals surface area contributed by atoms with Gasteiger partial charge in [-0.2, -0.15) is 0 Å². The van der Waals surface area contributed by atoms with Crippen LogP contribution in [0.5, 0.6) is 0 Å². The van der Waals surface area contributed by atoms with E-state index in [1.165, 1.54) is 19.0 Å². The Morgan fingerprint density at radius 1 is 0.923 bits per heavy atom. The number of hydrogen-bond donors (Lipinski definition) is 4. The molecule has 6 amide bonds.